The second-order valence-electron chi connectivity index (χ2n) is 5.95. The maximum Gasteiger partial charge on any atom is 0.317 e. The molecule has 0 bridgehead atoms. The standard InChI is InChI=1S/C14H28N4O3/c1-12(5-8-16(2)3)15-14(21)18-7-4-6-17(9-10-18)11-13(19)20/h12H,4-11H2,1-3H3,(H,15,21)(H,19,20). The number of rotatable bonds is 6. The molecule has 1 heterocycles. The van der Waals surface area contributed by atoms with Gasteiger partial charge in [0.15, 0.2) is 0 Å². The zero-order chi connectivity index (χ0) is 15.8. The zero-order valence-corrected chi connectivity index (χ0v) is 13.3. The van der Waals surface area contributed by atoms with Crippen LogP contribution in [0.3, 0.4) is 0 Å². The van der Waals surface area contributed by atoms with E-state index < -0.39 is 5.97 Å². The molecule has 2 amide bonds. The summed E-state index contributed by atoms with van der Waals surface area (Å²) in [5.74, 6) is -0.815. The smallest absolute Gasteiger partial charge is 0.317 e. The van der Waals surface area contributed by atoms with Crippen LogP contribution in [0.25, 0.3) is 0 Å². The van der Waals surface area contributed by atoms with Gasteiger partial charge in [0.2, 0.25) is 0 Å². The van der Waals surface area contributed by atoms with E-state index in [0.717, 1.165) is 25.9 Å². The highest BCUT2D eigenvalue weighted by atomic mass is 16.4. The van der Waals surface area contributed by atoms with E-state index in [1.165, 1.54) is 0 Å². The van der Waals surface area contributed by atoms with Crippen molar-refractivity contribution in [3.05, 3.63) is 0 Å². The first-order valence-electron chi connectivity index (χ1n) is 7.53. The Morgan fingerprint density at radius 2 is 1.95 bits per heavy atom. The largest absolute Gasteiger partial charge is 0.480 e. The second-order valence-corrected chi connectivity index (χ2v) is 5.95. The summed E-state index contributed by atoms with van der Waals surface area (Å²) in [4.78, 5) is 28.7. The Hall–Kier alpha value is -1.34. The normalized spacial score (nSPS) is 18.4. The number of hydrogen-bond acceptors (Lipinski definition) is 4. The Balaban J connectivity index is 2.35. The molecule has 0 aliphatic carbocycles. The number of aliphatic carboxylic acids is 1. The fourth-order valence-corrected chi connectivity index (χ4v) is 2.35. The Morgan fingerprint density at radius 1 is 1.24 bits per heavy atom. The lowest BCUT2D eigenvalue weighted by Gasteiger charge is -2.24. The van der Waals surface area contributed by atoms with Gasteiger partial charge in [0.05, 0.1) is 6.54 Å². The van der Waals surface area contributed by atoms with E-state index in [2.05, 4.69) is 10.2 Å². The van der Waals surface area contributed by atoms with Crippen molar-refractivity contribution in [3.63, 3.8) is 0 Å². The molecule has 1 rings (SSSR count). The van der Waals surface area contributed by atoms with Crippen molar-refractivity contribution in [2.24, 2.45) is 0 Å². The van der Waals surface area contributed by atoms with E-state index >= 15 is 0 Å². The van der Waals surface area contributed by atoms with Gasteiger partial charge in [-0.15, -0.1) is 0 Å². The van der Waals surface area contributed by atoms with Crippen molar-refractivity contribution in [2.45, 2.75) is 25.8 Å². The zero-order valence-electron chi connectivity index (χ0n) is 13.3. The molecule has 1 saturated heterocycles. The second kappa shape index (κ2) is 8.84. The number of nitrogens with zero attached hydrogens (tertiary/aromatic N) is 3. The van der Waals surface area contributed by atoms with Crippen LogP contribution in [0.4, 0.5) is 4.79 Å². The third-order valence-electron chi connectivity index (χ3n) is 3.61. The summed E-state index contributed by atoms with van der Waals surface area (Å²) in [6, 6.07) is 0.0942. The van der Waals surface area contributed by atoms with Crippen molar-refractivity contribution in [1.29, 1.82) is 0 Å². The molecular formula is C14H28N4O3. The van der Waals surface area contributed by atoms with Gasteiger partial charge in [0.1, 0.15) is 0 Å². The first-order valence-corrected chi connectivity index (χ1v) is 7.53. The predicted octanol–water partition coefficient (Wildman–Crippen LogP) is 0.129. The highest BCUT2D eigenvalue weighted by Gasteiger charge is 2.21. The number of carboxylic acid groups (broad SMARTS) is 1. The van der Waals surface area contributed by atoms with Crippen LogP contribution in [-0.2, 0) is 4.79 Å². The molecule has 2 N–H and O–H groups in total. The molecule has 7 heteroatoms. The van der Waals surface area contributed by atoms with E-state index in [1.54, 1.807) is 4.90 Å². The van der Waals surface area contributed by atoms with Crippen molar-refractivity contribution in [2.75, 3.05) is 53.4 Å². The van der Waals surface area contributed by atoms with Gasteiger partial charge in [0.25, 0.3) is 0 Å². The third-order valence-corrected chi connectivity index (χ3v) is 3.61. The Kier molecular flexibility index (Phi) is 7.45. The van der Waals surface area contributed by atoms with Crippen molar-refractivity contribution < 1.29 is 14.7 Å². The summed E-state index contributed by atoms with van der Waals surface area (Å²) in [5, 5.41) is 11.8. The lowest BCUT2D eigenvalue weighted by Crippen LogP contribution is -2.46. The first-order chi connectivity index (χ1) is 9.88. The molecule has 0 aromatic carbocycles. The van der Waals surface area contributed by atoms with Gasteiger partial charge in [-0.3, -0.25) is 9.69 Å². The predicted molar refractivity (Wildman–Crippen MR) is 81.4 cm³/mol. The van der Waals surface area contributed by atoms with Gasteiger partial charge in [0, 0.05) is 32.2 Å². The number of carbonyl (C=O) groups excluding carboxylic acids is 1. The minimum atomic E-state index is -0.815. The molecule has 122 valence electrons. The average molecular weight is 300 g/mol. The highest BCUT2D eigenvalue weighted by Crippen LogP contribution is 2.04. The number of carbonyl (C=O) groups is 2. The van der Waals surface area contributed by atoms with E-state index in [0.29, 0.717) is 19.6 Å². The number of amides is 2. The molecule has 21 heavy (non-hydrogen) atoms. The van der Waals surface area contributed by atoms with E-state index in [9.17, 15) is 9.59 Å². The fourth-order valence-electron chi connectivity index (χ4n) is 2.35. The van der Waals surface area contributed by atoms with Crippen molar-refractivity contribution in [3.8, 4) is 0 Å². The topological polar surface area (TPSA) is 76.1 Å². The summed E-state index contributed by atoms with van der Waals surface area (Å²) in [6.07, 6.45) is 1.73. The van der Waals surface area contributed by atoms with Crippen LogP contribution >= 0.6 is 0 Å². The molecule has 0 aromatic heterocycles. The van der Waals surface area contributed by atoms with E-state index in [1.807, 2.05) is 25.9 Å². The SMILES string of the molecule is CC(CCN(C)C)NC(=O)N1CCCN(CC(=O)O)CC1. The van der Waals surface area contributed by atoms with Crippen LogP contribution in [0.1, 0.15) is 19.8 Å². The van der Waals surface area contributed by atoms with E-state index in [-0.39, 0.29) is 18.6 Å². The number of nitrogens with one attached hydrogen (secondary N) is 1. The summed E-state index contributed by atoms with van der Waals surface area (Å²) < 4.78 is 0. The lowest BCUT2D eigenvalue weighted by molar-refractivity contribution is -0.138. The van der Waals surface area contributed by atoms with Crippen LogP contribution in [0, 0.1) is 0 Å². The Labute approximate surface area is 126 Å². The van der Waals surface area contributed by atoms with Crippen LogP contribution < -0.4 is 5.32 Å². The average Bonchev–Trinajstić information content (AvgIpc) is 2.61. The minimum Gasteiger partial charge on any atom is -0.480 e. The molecule has 1 aliphatic heterocycles. The summed E-state index contributed by atoms with van der Waals surface area (Å²) in [6.45, 7) is 5.61. The van der Waals surface area contributed by atoms with Crippen molar-refractivity contribution >= 4 is 12.0 Å². The number of urea groups is 1. The molecular weight excluding hydrogens is 272 g/mol. The molecule has 1 fully saturated rings. The number of carboxylic acids is 1. The molecule has 1 unspecified atom stereocenters. The minimum absolute atomic E-state index is 0.0431. The first kappa shape index (κ1) is 17.7. The van der Waals surface area contributed by atoms with Crippen LogP contribution in [0.15, 0.2) is 0 Å². The van der Waals surface area contributed by atoms with Gasteiger partial charge in [-0.2, -0.15) is 0 Å². The van der Waals surface area contributed by atoms with Gasteiger partial charge in [-0.1, -0.05) is 0 Å². The molecule has 1 atom stereocenters. The van der Waals surface area contributed by atoms with Crippen LogP contribution in [-0.4, -0.2) is 91.2 Å². The van der Waals surface area contributed by atoms with Gasteiger partial charge in [-0.05, 0) is 40.4 Å². The Bertz CT molecular complexity index is 349. The fraction of sp³-hybridized carbons (Fsp3) is 0.857. The number of hydrogen-bond donors (Lipinski definition) is 2. The molecule has 0 radical (unpaired) electrons. The highest BCUT2D eigenvalue weighted by molar-refractivity contribution is 5.74. The van der Waals surface area contributed by atoms with E-state index in [4.69, 9.17) is 5.11 Å². The van der Waals surface area contributed by atoms with Crippen LogP contribution in [0.5, 0.6) is 0 Å². The van der Waals surface area contributed by atoms with Gasteiger partial charge < -0.3 is 20.2 Å². The van der Waals surface area contributed by atoms with Crippen LogP contribution in [0.2, 0.25) is 0 Å². The van der Waals surface area contributed by atoms with Crippen molar-refractivity contribution in [1.82, 2.24) is 20.0 Å². The quantitative estimate of drug-likeness (QED) is 0.729. The maximum atomic E-state index is 12.2. The summed E-state index contributed by atoms with van der Waals surface area (Å²) in [7, 11) is 4.03. The molecule has 0 spiro atoms. The molecule has 0 aromatic rings. The molecule has 7 nitrogen and oxygen atoms in total. The monoisotopic (exact) mass is 300 g/mol. The van der Waals surface area contributed by atoms with Gasteiger partial charge in [-0.25, -0.2) is 4.79 Å². The molecule has 1 aliphatic rings. The lowest BCUT2D eigenvalue weighted by atomic mass is 10.2. The van der Waals surface area contributed by atoms with Gasteiger partial charge >= 0.3 is 12.0 Å². The Morgan fingerprint density at radius 3 is 2.57 bits per heavy atom. The maximum absolute atomic E-state index is 12.2. The third kappa shape index (κ3) is 7.29. The summed E-state index contributed by atoms with van der Waals surface area (Å²) in [5.41, 5.74) is 0. The molecule has 0 saturated carbocycles. The summed E-state index contributed by atoms with van der Waals surface area (Å²) >= 11 is 0.